The summed E-state index contributed by atoms with van der Waals surface area (Å²) in [5, 5.41) is 14.4. The number of thiazole rings is 1. The number of alkyl carbamates (subject to hydrolysis) is 1. The van der Waals surface area contributed by atoms with Crippen LogP contribution in [0.4, 0.5) is 4.79 Å². The van der Waals surface area contributed by atoms with Gasteiger partial charge in [0.15, 0.2) is 0 Å². The predicted octanol–water partition coefficient (Wildman–Crippen LogP) is 3.57. The number of rotatable bonds is 9. The van der Waals surface area contributed by atoms with Crippen molar-refractivity contribution in [3.05, 3.63) is 76.2 Å². The number of nitrogens with one attached hydrogen (secondary N) is 2. The topological polar surface area (TPSA) is 118 Å². The number of benzene rings is 2. The van der Waals surface area contributed by atoms with Crippen LogP contribution in [0.15, 0.2) is 60.2 Å². The van der Waals surface area contributed by atoms with Gasteiger partial charge in [-0.2, -0.15) is 0 Å². The first-order chi connectivity index (χ1) is 16.5. The quantitative estimate of drug-likeness (QED) is 0.432. The van der Waals surface area contributed by atoms with Crippen LogP contribution in [-0.4, -0.2) is 46.8 Å². The molecule has 0 aliphatic heterocycles. The number of aliphatic carboxylic acids is 1. The van der Waals surface area contributed by atoms with Gasteiger partial charge in [0.05, 0.1) is 5.51 Å². The van der Waals surface area contributed by atoms with Crippen LogP contribution in [0.2, 0.25) is 0 Å². The molecule has 1 aliphatic carbocycles. The number of nitrogens with zero attached hydrogens (tertiary/aromatic N) is 1. The molecule has 1 aromatic heterocycles. The van der Waals surface area contributed by atoms with E-state index in [1.807, 2.05) is 36.4 Å². The number of ether oxygens (including phenoxy) is 1. The Bertz CT molecular complexity index is 1140. The minimum Gasteiger partial charge on any atom is -0.480 e. The summed E-state index contributed by atoms with van der Waals surface area (Å²) < 4.78 is 5.56. The van der Waals surface area contributed by atoms with Crippen LogP contribution in [0, 0.1) is 0 Å². The first-order valence-electron chi connectivity index (χ1n) is 11.0. The molecule has 2 amide bonds. The second kappa shape index (κ2) is 10.5. The molecule has 0 saturated heterocycles. The monoisotopic (exact) mass is 479 g/mol. The second-order valence-corrected chi connectivity index (χ2v) is 8.97. The summed E-state index contributed by atoms with van der Waals surface area (Å²) in [4.78, 5) is 41.6. The highest BCUT2D eigenvalue weighted by Crippen LogP contribution is 2.44. The third-order valence-electron chi connectivity index (χ3n) is 5.86. The zero-order chi connectivity index (χ0) is 24.1. The van der Waals surface area contributed by atoms with Gasteiger partial charge in [-0.25, -0.2) is 9.59 Å². The molecule has 9 heteroatoms. The van der Waals surface area contributed by atoms with Crippen LogP contribution in [0.3, 0.4) is 0 Å². The summed E-state index contributed by atoms with van der Waals surface area (Å²) in [6.07, 6.45) is 1.27. The van der Waals surface area contributed by atoms with Gasteiger partial charge in [-0.1, -0.05) is 55.5 Å². The van der Waals surface area contributed by atoms with Gasteiger partial charge in [-0.05, 0) is 28.7 Å². The Morgan fingerprint density at radius 3 is 2.24 bits per heavy atom. The van der Waals surface area contributed by atoms with E-state index < -0.39 is 30.1 Å². The van der Waals surface area contributed by atoms with Crippen molar-refractivity contribution in [2.24, 2.45) is 0 Å². The zero-order valence-electron chi connectivity index (χ0n) is 18.6. The van der Waals surface area contributed by atoms with Crippen molar-refractivity contribution in [3.8, 4) is 11.1 Å². The maximum Gasteiger partial charge on any atom is 0.407 e. The molecular formula is C25H25N3O5S. The number of hydrogen-bond acceptors (Lipinski definition) is 6. The molecule has 3 N–H and O–H groups in total. The minimum absolute atomic E-state index is 0.108. The van der Waals surface area contributed by atoms with Crippen molar-refractivity contribution in [3.63, 3.8) is 0 Å². The summed E-state index contributed by atoms with van der Waals surface area (Å²) in [6, 6.07) is 14.0. The average molecular weight is 480 g/mol. The van der Waals surface area contributed by atoms with Gasteiger partial charge in [-0.3, -0.25) is 9.78 Å². The SMILES string of the molecule is CCC(NC(=O)C(Cc1cncs1)NC(=O)OCC1c2ccccc2-c2ccccc21)C(=O)O. The number of hydrogen-bond donors (Lipinski definition) is 3. The number of amides is 2. The summed E-state index contributed by atoms with van der Waals surface area (Å²) in [7, 11) is 0. The van der Waals surface area contributed by atoms with Crippen LogP contribution in [0.1, 0.15) is 35.3 Å². The smallest absolute Gasteiger partial charge is 0.407 e. The molecule has 176 valence electrons. The molecule has 2 aromatic carbocycles. The maximum atomic E-state index is 12.8. The normalized spacial score (nSPS) is 13.9. The summed E-state index contributed by atoms with van der Waals surface area (Å²) in [5.41, 5.74) is 6.04. The number of aromatic nitrogens is 1. The van der Waals surface area contributed by atoms with Crippen molar-refractivity contribution in [2.45, 2.75) is 37.8 Å². The molecule has 1 heterocycles. The lowest BCUT2D eigenvalue weighted by molar-refractivity contribution is -0.142. The van der Waals surface area contributed by atoms with Crippen LogP contribution >= 0.6 is 11.3 Å². The highest BCUT2D eigenvalue weighted by Gasteiger charge is 2.30. The molecule has 0 spiro atoms. The van der Waals surface area contributed by atoms with Crippen molar-refractivity contribution in [1.82, 2.24) is 15.6 Å². The van der Waals surface area contributed by atoms with Crippen LogP contribution < -0.4 is 10.6 Å². The molecule has 4 rings (SSSR count). The Hall–Kier alpha value is -3.72. The average Bonchev–Trinajstić information content (AvgIpc) is 3.46. The Morgan fingerprint density at radius 2 is 1.68 bits per heavy atom. The third-order valence-corrected chi connectivity index (χ3v) is 6.67. The Morgan fingerprint density at radius 1 is 1.03 bits per heavy atom. The summed E-state index contributed by atoms with van der Waals surface area (Å²) in [6.45, 7) is 1.78. The highest BCUT2D eigenvalue weighted by atomic mass is 32.1. The number of carbonyl (C=O) groups excluding carboxylic acids is 2. The van der Waals surface area contributed by atoms with E-state index >= 15 is 0 Å². The summed E-state index contributed by atoms with van der Waals surface area (Å²) >= 11 is 1.35. The van der Waals surface area contributed by atoms with Crippen molar-refractivity contribution in [2.75, 3.05) is 6.61 Å². The predicted molar refractivity (Wildman–Crippen MR) is 128 cm³/mol. The molecule has 0 radical (unpaired) electrons. The minimum atomic E-state index is -1.13. The molecule has 2 atom stereocenters. The molecule has 8 nitrogen and oxygen atoms in total. The van der Waals surface area contributed by atoms with E-state index in [2.05, 4.69) is 27.8 Å². The molecule has 2 unspecified atom stereocenters. The molecule has 34 heavy (non-hydrogen) atoms. The lowest BCUT2D eigenvalue weighted by atomic mass is 9.98. The fraction of sp³-hybridized carbons (Fsp3) is 0.280. The van der Waals surface area contributed by atoms with Gasteiger partial charge in [0.2, 0.25) is 5.91 Å². The molecule has 0 saturated carbocycles. The molecule has 3 aromatic rings. The van der Waals surface area contributed by atoms with Gasteiger partial charge in [0.25, 0.3) is 0 Å². The second-order valence-electron chi connectivity index (χ2n) is 8.00. The van der Waals surface area contributed by atoms with Gasteiger partial charge >= 0.3 is 12.1 Å². The molecule has 0 fully saturated rings. The fourth-order valence-electron chi connectivity index (χ4n) is 4.15. The van der Waals surface area contributed by atoms with Gasteiger partial charge in [0, 0.05) is 23.4 Å². The molecule has 0 bridgehead atoms. The lowest BCUT2D eigenvalue weighted by Crippen LogP contribution is -2.52. The standard InChI is InChI=1S/C25H25N3O5S/c1-2-21(24(30)31)27-23(29)22(11-15-12-26-14-34-15)28-25(32)33-13-20-18-9-5-3-7-16(18)17-8-4-6-10-19(17)20/h3-10,12,14,20-22H,2,11,13H2,1H3,(H,27,29)(H,28,32)(H,30,31). The van der Waals surface area contributed by atoms with Crippen LogP contribution in [0.5, 0.6) is 0 Å². The van der Waals surface area contributed by atoms with Crippen LogP contribution in [-0.2, 0) is 20.7 Å². The Labute approximate surface area is 201 Å². The van der Waals surface area contributed by atoms with Gasteiger partial charge < -0.3 is 20.5 Å². The highest BCUT2D eigenvalue weighted by molar-refractivity contribution is 7.09. The van der Waals surface area contributed by atoms with E-state index in [4.69, 9.17) is 4.74 Å². The Kier molecular flexibility index (Phi) is 7.22. The van der Waals surface area contributed by atoms with E-state index in [0.29, 0.717) is 0 Å². The number of carbonyl (C=O) groups is 3. The molecule has 1 aliphatic rings. The summed E-state index contributed by atoms with van der Waals surface area (Å²) in [5.74, 6) is -1.83. The fourth-order valence-corrected chi connectivity index (χ4v) is 4.79. The van der Waals surface area contributed by atoms with Gasteiger partial charge in [-0.15, -0.1) is 11.3 Å². The first kappa shape index (κ1) is 23.4. The maximum absolute atomic E-state index is 12.8. The largest absolute Gasteiger partial charge is 0.480 e. The van der Waals surface area contributed by atoms with E-state index in [1.165, 1.54) is 11.3 Å². The Balaban J connectivity index is 1.45. The number of carboxylic acid groups (broad SMARTS) is 1. The molecular weight excluding hydrogens is 454 g/mol. The third kappa shape index (κ3) is 5.09. The van der Waals surface area contributed by atoms with Gasteiger partial charge in [0.1, 0.15) is 18.7 Å². The van der Waals surface area contributed by atoms with Crippen molar-refractivity contribution >= 4 is 29.3 Å². The number of fused-ring (bicyclic) bond motifs is 3. The van der Waals surface area contributed by atoms with Crippen molar-refractivity contribution in [1.29, 1.82) is 0 Å². The zero-order valence-corrected chi connectivity index (χ0v) is 19.4. The number of carboxylic acids is 1. The lowest BCUT2D eigenvalue weighted by Gasteiger charge is -2.21. The van der Waals surface area contributed by atoms with E-state index in [0.717, 1.165) is 27.1 Å². The van der Waals surface area contributed by atoms with E-state index in [9.17, 15) is 19.5 Å². The van der Waals surface area contributed by atoms with E-state index in [1.54, 1.807) is 18.6 Å². The van der Waals surface area contributed by atoms with Crippen molar-refractivity contribution < 1.29 is 24.2 Å². The van der Waals surface area contributed by atoms with E-state index in [-0.39, 0.29) is 25.4 Å². The first-order valence-corrected chi connectivity index (χ1v) is 11.9. The van der Waals surface area contributed by atoms with Crippen LogP contribution in [0.25, 0.3) is 11.1 Å².